The number of methoxy groups -OCH3 is 1. The smallest absolute Gasteiger partial charge is 0.293 e. The highest BCUT2D eigenvalue weighted by molar-refractivity contribution is 5.90. The molecule has 1 amide bonds. The van der Waals surface area contributed by atoms with E-state index in [4.69, 9.17) is 4.74 Å². The monoisotopic (exact) mass is 314 g/mol. The fourth-order valence-electron chi connectivity index (χ4n) is 2.20. The Hall–Kier alpha value is -2.56. The summed E-state index contributed by atoms with van der Waals surface area (Å²) in [5, 5.41) is 2.79. The third kappa shape index (κ3) is 4.22. The predicted molar refractivity (Wildman–Crippen MR) is 91.0 cm³/mol. The van der Waals surface area contributed by atoms with E-state index in [1.807, 2.05) is 24.3 Å². The Bertz CT molecular complexity index is 740. The van der Waals surface area contributed by atoms with E-state index in [-0.39, 0.29) is 29.2 Å². The van der Waals surface area contributed by atoms with Crippen molar-refractivity contribution < 1.29 is 9.53 Å². The zero-order chi connectivity index (χ0) is 17.0. The van der Waals surface area contributed by atoms with Crippen molar-refractivity contribution in [2.75, 3.05) is 12.4 Å². The molecule has 0 aliphatic heterocycles. The first-order valence-corrected chi connectivity index (χ1v) is 7.45. The zero-order valence-electron chi connectivity index (χ0n) is 13.9. The quantitative estimate of drug-likeness (QED) is 0.944. The maximum Gasteiger partial charge on any atom is 0.293 e. The van der Waals surface area contributed by atoms with Gasteiger partial charge in [0.25, 0.3) is 5.56 Å². The number of benzene rings is 1. The van der Waals surface area contributed by atoms with Gasteiger partial charge in [0.2, 0.25) is 5.91 Å². The summed E-state index contributed by atoms with van der Waals surface area (Å²) >= 11 is 0. The fourth-order valence-corrected chi connectivity index (χ4v) is 2.20. The van der Waals surface area contributed by atoms with Crippen molar-refractivity contribution in [2.45, 2.75) is 32.7 Å². The number of nitrogens with zero attached hydrogens (tertiary/aromatic N) is 1. The number of aromatic nitrogens is 1. The van der Waals surface area contributed by atoms with Crippen LogP contribution in [-0.2, 0) is 16.8 Å². The van der Waals surface area contributed by atoms with Gasteiger partial charge in [0.15, 0.2) is 5.75 Å². The largest absolute Gasteiger partial charge is 0.491 e. The van der Waals surface area contributed by atoms with Crippen LogP contribution in [0.2, 0.25) is 0 Å². The third-order valence-corrected chi connectivity index (χ3v) is 3.55. The number of hydrogen-bond donors (Lipinski definition) is 1. The molecule has 2 rings (SSSR count). The fraction of sp³-hybridized carbons (Fsp3) is 0.333. The highest BCUT2D eigenvalue weighted by atomic mass is 16.5. The Morgan fingerprint density at radius 2 is 1.83 bits per heavy atom. The van der Waals surface area contributed by atoms with E-state index in [2.05, 4.69) is 26.1 Å². The summed E-state index contributed by atoms with van der Waals surface area (Å²) in [4.78, 5) is 24.1. The van der Waals surface area contributed by atoms with Gasteiger partial charge >= 0.3 is 0 Å². The van der Waals surface area contributed by atoms with E-state index in [1.165, 1.54) is 17.2 Å². The predicted octanol–water partition coefficient (Wildman–Crippen LogP) is 2.79. The van der Waals surface area contributed by atoms with Crippen molar-refractivity contribution >= 4 is 11.6 Å². The van der Waals surface area contributed by atoms with Gasteiger partial charge < -0.3 is 14.6 Å². The van der Waals surface area contributed by atoms with Crippen molar-refractivity contribution in [3.8, 4) is 5.75 Å². The first kappa shape index (κ1) is 16.8. The Morgan fingerprint density at radius 1 is 1.17 bits per heavy atom. The number of nitrogens with one attached hydrogen (secondary N) is 1. The van der Waals surface area contributed by atoms with Crippen LogP contribution < -0.4 is 15.6 Å². The van der Waals surface area contributed by atoms with Gasteiger partial charge in [-0.15, -0.1) is 0 Å². The van der Waals surface area contributed by atoms with Crippen molar-refractivity contribution in [2.24, 2.45) is 0 Å². The molecule has 0 saturated carbocycles. The average molecular weight is 314 g/mol. The summed E-state index contributed by atoms with van der Waals surface area (Å²) in [6.07, 6.45) is 1.56. The van der Waals surface area contributed by atoms with Crippen LogP contribution in [0.15, 0.2) is 47.4 Å². The molecule has 0 aliphatic carbocycles. The lowest BCUT2D eigenvalue weighted by atomic mass is 9.87. The van der Waals surface area contributed by atoms with Gasteiger partial charge in [0.05, 0.1) is 7.11 Å². The molecule has 5 nitrogen and oxygen atoms in total. The molecular formula is C18H22N2O3. The molecule has 1 heterocycles. The maximum absolute atomic E-state index is 12.1. The lowest BCUT2D eigenvalue weighted by Gasteiger charge is -2.19. The molecule has 0 aliphatic rings. The summed E-state index contributed by atoms with van der Waals surface area (Å²) in [5.74, 6) is -0.0429. The third-order valence-electron chi connectivity index (χ3n) is 3.55. The number of pyridine rings is 1. The molecule has 1 aromatic carbocycles. The molecule has 23 heavy (non-hydrogen) atoms. The SMILES string of the molecule is COc1cccn(CC(=O)Nc2ccc(C(C)(C)C)cc2)c1=O. The van der Waals surface area contributed by atoms with Gasteiger partial charge in [-0.1, -0.05) is 32.9 Å². The Balaban J connectivity index is 2.07. The lowest BCUT2D eigenvalue weighted by Crippen LogP contribution is -2.27. The van der Waals surface area contributed by atoms with E-state index >= 15 is 0 Å². The summed E-state index contributed by atoms with van der Waals surface area (Å²) in [7, 11) is 1.43. The van der Waals surface area contributed by atoms with Crippen LogP contribution in [0.3, 0.4) is 0 Å². The van der Waals surface area contributed by atoms with Crippen molar-refractivity contribution in [3.63, 3.8) is 0 Å². The number of rotatable bonds is 4. The van der Waals surface area contributed by atoms with E-state index in [0.29, 0.717) is 5.69 Å². The normalized spacial score (nSPS) is 11.1. The molecule has 5 heteroatoms. The molecule has 0 bridgehead atoms. The minimum absolute atomic E-state index is 0.0585. The Morgan fingerprint density at radius 3 is 2.39 bits per heavy atom. The molecule has 1 aromatic heterocycles. The topological polar surface area (TPSA) is 60.3 Å². The minimum Gasteiger partial charge on any atom is -0.491 e. The number of ether oxygens (including phenoxy) is 1. The van der Waals surface area contributed by atoms with E-state index in [1.54, 1.807) is 18.3 Å². The average Bonchev–Trinajstić information content (AvgIpc) is 2.49. The van der Waals surface area contributed by atoms with Crippen molar-refractivity contribution in [3.05, 3.63) is 58.5 Å². The number of hydrogen-bond acceptors (Lipinski definition) is 3. The van der Waals surface area contributed by atoms with E-state index in [0.717, 1.165) is 0 Å². The summed E-state index contributed by atoms with van der Waals surface area (Å²) < 4.78 is 6.28. The van der Waals surface area contributed by atoms with Crippen LogP contribution in [0.5, 0.6) is 5.75 Å². The Kier molecular flexibility index (Phi) is 4.89. The number of amides is 1. The van der Waals surface area contributed by atoms with Crippen LogP contribution in [0.4, 0.5) is 5.69 Å². The van der Waals surface area contributed by atoms with Gasteiger partial charge in [-0.25, -0.2) is 0 Å². The van der Waals surface area contributed by atoms with E-state index in [9.17, 15) is 9.59 Å². The van der Waals surface area contributed by atoms with Gasteiger partial charge in [-0.05, 0) is 35.2 Å². The highest BCUT2D eigenvalue weighted by Crippen LogP contribution is 2.23. The first-order valence-electron chi connectivity index (χ1n) is 7.45. The second kappa shape index (κ2) is 6.69. The van der Waals surface area contributed by atoms with Gasteiger partial charge in [-0.3, -0.25) is 9.59 Å². The van der Waals surface area contributed by atoms with Gasteiger partial charge in [0, 0.05) is 11.9 Å². The maximum atomic E-state index is 12.1. The van der Waals surface area contributed by atoms with Crippen molar-refractivity contribution in [1.29, 1.82) is 0 Å². The second-order valence-electron chi connectivity index (χ2n) is 6.39. The molecule has 0 saturated heterocycles. The molecule has 0 atom stereocenters. The molecule has 1 N–H and O–H groups in total. The van der Waals surface area contributed by atoms with Crippen molar-refractivity contribution in [1.82, 2.24) is 4.57 Å². The standard InChI is InChI=1S/C18H22N2O3/c1-18(2,3)13-7-9-14(10-8-13)19-16(21)12-20-11-5-6-15(23-4)17(20)22/h5-11H,12H2,1-4H3,(H,19,21). The molecule has 0 spiro atoms. The number of carbonyl (C=O) groups is 1. The zero-order valence-corrected chi connectivity index (χ0v) is 13.9. The number of carbonyl (C=O) groups excluding carboxylic acids is 1. The lowest BCUT2D eigenvalue weighted by molar-refractivity contribution is -0.116. The van der Waals surface area contributed by atoms with Gasteiger partial charge in [0.1, 0.15) is 6.54 Å². The van der Waals surface area contributed by atoms with Crippen LogP contribution >= 0.6 is 0 Å². The molecular weight excluding hydrogens is 292 g/mol. The molecule has 0 radical (unpaired) electrons. The summed E-state index contributed by atoms with van der Waals surface area (Å²) in [6.45, 7) is 6.35. The Labute approximate surface area is 135 Å². The van der Waals surface area contributed by atoms with Crippen LogP contribution in [0.25, 0.3) is 0 Å². The first-order chi connectivity index (χ1) is 10.8. The van der Waals surface area contributed by atoms with Crippen LogP contribution in [0.1, 0.15) is 26.3 Å². The van der Waals surface area contributed by atoms with Gasteiger partial charge in [-0.2, -0.15) is 0 Å². The van der Waals surface area contributed by atoms with Crippen LogP contribution in [0, 0.1) is 0 Å². The van der Waals surface area contributed by atoms with E-state index < -0.39 is 0 Å². The number of anilines is 1. The molecule has 0 unspecified atom stereocenters. The molecule has 122 valence electrons. The summed E-state index contributed by atoms with van der Waals surface area (Å²) in [6, 6.07) is 11.0. The second-order valence-corrected chi connectivity index (χ2v) is 6.39. The highest BCUT2D eigenvalue weighted by Gasteiger charge is 2.13. The summed E-state index contributed by atoms with van der Waals surface area (Å²) in [5.41, 5.74) is 1.64. The molecule has 0 fully saturated rings. The molecule has 2 aromatic rings. The van der Waals surface area contributed by atoms with Crippen LogP contribution in [-0.4, -0.2) is 17.6 Å². The minimum atomic E-state index is -0.326.